The second-order valence-corrected chi connectivity index (χ2v) is 5.61. The molecule has 0 aliphatic rings. The van der Waals surface area contributed by atoms with Crippen molar-refractivity contribution in [3.63, 3.8) is 0 Å². The van der Waals surface area contributed by atoms with E-state index < -0.39 is 17.2 Å². The lowest BCUT2D eigenvalue weighted by Gasteiger charge is -2.14. The second kappa shape index (κ2) is 6.69. The van der Waals surface area contributed by atoms with E-state index in [1.165, 1.54) is 18.2 Å². The number of rotatable bonds is 5. The molecule has 1 atom stereocenters. The predicted octanol–water partition coefficient (Wildman–Crippen LogP) is 3.54. The molecule has 0 fully saturated rings. The molecule has 0 saturated carbocycles. The minimum Gasteiger partial charge on any atom is -0.755 e. The van der Waals surface area contributed by atoms with Crippen LogP contribution in [0.4, 0.5) is 5.69 Å². The van der Waals surface area contributed by atoms with Gasteiger partial charge in [0.25, 0.3) is 0 Å². The Morgan fingerprint density at radius 3 is 2.54 bits per heavy atom. The van der Waals surface area contributed by atoms with Crippen LogP contribution >= 0.6 is 0 Å². The third-order valence-electron chi connectivity index (χ3n) is 3.38. The molecule has 122 valence electrons. The highest BCUT2D eigenvalue weighted by Gasteiger charge is 2.14. The first-order valence-electron chi connectivity index (χ1n) is 6.93. The Labute approximate surface area is 140 Å². The molecule has 0 aromatic heterocycles. The lowest BCUT2D eigenvalue weighted by Crippen LogP contribution is -2.05. The minimum atomic E-state index is -2.53. The van der Waals surface area contributed by atoms with E-state index in [0.29, 0.717) is 5.75 Å². The van der Waals surface area contributed by atoms with Gasteiger partial charge in [-0.05, 0) is 29.7 Å². The van der Waals surface area contributed by atoms with Gasteiger partial charge in [-0.15, -0.1) is 0 Å². The zero-order valence-electron chi connectivity index (χ0n) is 12.3. The molecule has 1 unspecified atom stereocenters. The number of fused-ring (bicyclic) bond motifs is 1. The van der Waals surface area contributed by atoms with Crippen LogP contribution in [0.3, 0.4) is 0 Å². The Morgan fingerprint density at radius 2 is 1.79 bits per heavy atom. The zero-order valence-corrected chi connectivity index (χ0v) is 13.1. The molecule has 0 heterocycles. The standard InChI is InChI=1S/C17H13NO5S/c19-17(20)14-10-12(18-24(21)22)8-9-16(14)23-15-7-3-5-11-4-1-2-6-13(11)15/h1-10,18H,(H,19,20)(H,21,22)/p-1. The van der Waals surface area contributed by atoms with E-state index in [1.54, 1.807) is 6.07 Å². The number of aromatic carboxylic acids is 1. The summed E-state index contributed by atoms with van der Waals surface area (Å²) in [7, 11) is 0. The summed E-state index contributed by atoms with van der Waals surface area (Å²) in [5.74, 6) is -0.574. The number of carboxylic acids is 1. The molecule has 0 bridgehead atoms. The normalized spacial score (nSPS) is 11.9. The maximum atomic E-state index is 11.5. The monoisotopic (exact) mass is 342 g/mol. The minimum absolute atomic E-state index is 0.126. The second-order valence-electron chi connectivity index (χ2n) is 4.93. The van der Waals surface area contributed by atoms with Crippen LogP contribution < -0.4 is 9.46 Å². The Morgan fingerprint density at radius 1 is 1.04 bits per heavy atom. The van der Waals surface area contributed by atoms with Crippen LogP contribution in [0.15, 0.2) is 60.7 Å². The number of nitrogens with one attached hydrogen (secondary N) is 1. The lowest BCUT2D eigenvalue weighted by atomic mass is 10.1. The molecular weight excluding hydrogens is 330 g/mol. The summed E-state index contributed by atoms with van der Waals surface area (Å²) in [5, 5.41) is 11.2. The molecule has 0 spiro atoms. The van der Waals surface area contributed by atoms with Crippen molar-refractivity contribution in [2.24, 2.45) is 0 Å². The highest BCUT2D eigenvalue weighted by atomic mass is 32.2. The summed E-state index contributed by atoms with van der Waals surface area (Å²) in [6.45, 7) is 0. The Balaban J connectivity index is 2.02. The Bertz CT molecular complexity index is 936. The van der Waals surface area contributed by atoms with Gasteiger partial charge in [-0.2, -0.15) is 0 Å². The number of anilines is 1. The van der Waals surface area contributed by atoms with Crippen molar-refractivity contribution in [3.05, 3.63) is 66.2 Å². The van der Waals surface area contributed by atoms with Gasteiger partial charge in [0, 0.05) is 22.3 Å². The van der Waals surface area contributed by atoms with Crippen LogP contribution in [0.1, 0.15) is 10.4 Å². The van der Waals surface area contributed by atoms with Gasteiger partial charge < -0.3 is 19.1 Å². The van der Waals surface area contributed by atoms with E-state index in [9.17, 15) is 18.7 Å². The summed E-state index contributed by atoms with van der Waals surface area (Å²) in [6, 6.07) is 17.1. The van der Waals surface area contributed by atoms with Gasteiger partial charge in [-0.25, -0.2) is 4.79 Å². The fourth-order valence-electron chi connectivity index (χ4n) is 2.35. The van der Waals surface area contributed by atoms with Crippen molar-refractivity contribution in [2.75, 3.05) is 4.72 Å². The average Bonchev–Trinajstić information content (AvgIpc) is 2.56. The first-order valence-corrected chi connectivity index (χ1v) is 8.01. The molecule has 6 nitrogen and oxygen atoms in total. The SMILES string of the molecule is O=C(O)c1cc(NS(=O)[O-])ccc1Oc1cccc2ccccc12. The van der Waals surface area contributed by atoms with E-state index in [2.05, 4.69) is 4.72 Å². The number of hydrogen-bond donors (Lipinski definition) is 2. The molecular formula is C17H12NO5S-. The van der Waals surface area contributed by atoms with Crippen LogP contribution in [0.5, 0.6) is 11.5 Å². The maximum Gasteiger partial charge on any atom is 0.339 e. The van der Waals surface area contributed by atoms with Crippen molar-refractivity contribution in [2.45, 2.75) is 0 Å². The summed E-state index contributed by atoms with van der Waals surface area (Å²) < 4.78 is 29.3. The topological polar surface area (TPSA) is 98.7 Å². The lowest BCUT2D eigenvalue weighted by molar-refractivity contribution is 0.0694. The highest BCUT2D eigenvalue weighted by Crippen LogP contribution is 2.32. The zero-order chi connectivity index (χ0) is 17.1. The first kappa shape index (κ1) is 16.0. The molecule has 0 aliphatic carbocycles. The fraction of sp³-hybridized carbons (Fsp3) is 0. The maximum absolute atomic E-state index is 11.5. The third-order valence-corrected chi connectivity index (χ3v) is 3.78. The van der Waals surface area contributed by atoms with Gasteiger partial charge >= 0.3 is 5.97 Å². The summed E-state index contributed by atoms with van der Waals surface area (Å²) in [6.07, 6.45) is 0. The number of ether oxygens (including phenoxy) is 1. The van der Waals surface area contributed by atoms with Crippen LogP contribution in [-0.4, -0.2) is 19.8 Å². The van der Waals surface area contributed by atoms with Crippen LogP contribution in [0.2, 0.25) is 0 Å². The van der Waals surface area contributed by atoms with Crippen molar-refractivity contribution >= 4 is 33.7 Å². The molecule has 0 saturated heterocycles. The van der Waals surface area contributed by atoms with Gasteiger partial charge in [0.2, 0.25) is 0 Å². The predicted molar refractivity (Wildman–Crippen MR) is 90.0 cm³/mol. The third kappa shape index (κ3) is 3.37. The average molecular weight is 342 g/mol. The largest absolute Gasteiger partial charge is 0.755 e. The van der Waals surface area contributed by atoms with Crippen molar-refractivity contribution in [3.8, 4) is 11.5 Å². The van der Waals surface area contributed by atoms with Crippen molar-refractivity contribution in [1.82, 2.24) is 0 Å². The van der Waals surface area contributed by atoms with E-state index in [0.717, 1.165) is 10.8 Å². The van der Waals surface area contributed by atoms with Gasteiger partial charge in [0.05, 0.1) is 0 Å². The number of hydrogen-bond acceptors (Lipinski definition) is 4. The van der Waals surface area contributed by atoms with Crippen LogP contribution in [0, 0.1) is 0 Å². The van der Waals surface area contributed by atoms with E-state index in [-0.39, 0.29) is 17.0 Å². The molecule has 7 heteroatoms. The number of carboxylic acid groups (broad SMARTS) is 1. The summed E-state index contributed by atoms with van der Waals surface area (Å²) in [4.78, 5) is 11.5. The first-order chi connectivity index (χ1) is 11.5. The van der Waals surface area contributed by atoms with Crippen LogP contribution in [-0.2, 0) is 11.3 Å². The van der Waals surface area contributed by atoms with Gasteiger partial charge in [0.15, 0.2) is 0 Å². The number of benzene rings is 3. The van der Waals surface area contributed by atoms with Crippen molar-refractivity contribution < 1.29 is 23.4 Å². The summed E-state index contributed by atoms with van der Waals surface area (Å²) >= 11 is -2.53. The van der Waals surface area contributed by atoms with Gasteiger partial charge in [-0.1, -0.05) is 36.4 Å². The molecule has 3 aromatic carbocycles. The van der Waals surface area contributed by atoms with Gasteiger partial charge in [0.1, 0.15) is 17.1 Å². The Kier molecular flexibility index (Phi) is 4.45. The van der Waals surface area contributed by atoms with Crippen molar-refractivity contribution in [1.29, 1.82) is 0 Å². The van der Waals surface area contributed by atoms with E-state index in [1.807, 2.05) is 36.4 Å². The van der Waals surface area contributed by atoms with Gasteiger partial charge in [-0.3, -0.25) is 4.21 Å². The van der Waals surface area contributed by atoms with Crippen LogP contribution in [0.25, 0.3) is 10.8 Å². The molecule has 3 aromatic rings. The molecule has 2 N–H and O–H groups in total. The fourth-order valence-corrected chi connectivity index (χ4v) is 2.67. The molecule has 0 aliphatic heterocycles. The number of carbonyl (C=O) groups is 1. The quantitative estimate of drug-likeness (QED) is 0.691. The molecule has 24 heavy (non-hydrogen) atoms. The van der Waals surface area contributed by atoms with E-state index in [4.69, 9.17) is 4.74 Å². The van der Waals surface area contributed by atoms with E-state index >= 15 is 0 Å². The molecule has 0 radical (unpaired) electrons. The molecule has 0 amide bonds. The smallest absolute Gasteiger partial charge is 0.339 e. The highest BCUT2D eigenvalue weighted by molar-refractivity contribution is 7.80. The molecule has 3 rings (SSSR count). The summed E-state index contributed by atoms with van der Waals surface area (Å²) in [5.41, 5.74) is 0.00406. The Hall–Kier alpha value is -2.90.